The highest BCUT2D eigenvalue weighted by Gasteiger charge is 2.29. The van der Waals surface area contributed by atoms with Crippen molar-refractivity contribution in [2.75, 3.05) is 0 Å². The van der Waals surface area contributed by atoms with Crippen LogP contribution in [0.5, 0.6) is 0 Å². The Kier molecular flexibility index (Phi) is 5.48. The van der Waals surface area contributed by atoms with Crippen LogP contribution in [-0.4, -0.2) is 36.3 Å². The highest BCUT2D eigenvalue weighted by atomic mass is 16.5. The van der Waals surface area contributed by atoms with E-state index in [1.165, 1.54) is 12.8 Å². The number of rotatable bonds is 7. The quantitative estimate of drug-likeness (QED) is 0.790. The van der Waals surface area contributed by atoms with Gasteiger partial charge in [-0.1, -0.05) is 30.1 Å². The van der Waals surface area contributed by atoms with Gasteiger partial charge in [-0.05, 0) is 33.1 Å². The lowest BCUT2D eigenvalue weighted by molar-refractivity contribution is 0.0736. The molecule has 0 bridgehead atoms. The standard InChI is InChI=1S/C17H28N6O2/c1-4-7-15-19-16(25-21-15)10-18-12-8-5-6-9-13(12)23-11-14(20-22-23)17(2,3)24/h11-13,18,24H,4-10H2,1-3H3/t12-,13+/m0/s1. The number of hydrogen-bond acceptors (Lipinski definition) is 7. The van der Waals surface area contributed by atoms with Crippen LogP contribution >= 0.6 is 0 Å². The minimum atomic E-state index is -0.977. The van der Waals surface area contributed by atoms with Crippen molar-refractivity contribution in [3.05, 3.63) is 23.6 Å². The van der Waals surface area contributed by atoms with Crippen molar-refractivity contribution >= 4 is 0 Å². The molecule has 2 aromatic rings. The second-order valence-electron chi connectivity index (χ2n) is 7.34. The predicted octanol–water partition coefficient (Wildman–Crippen LogP) is 2.11. The van der Waals surface area contributed by atoms with Gasteiger partial charge in [0.05, 0.1) is 18.8 Å². The highest BCUT2D eigenvalue weighted by molar-refractivity contribution is 5.04. The summed E-state index contributed by atoms with van der Waals surface area (Å²) in [6, 6.07) is 0.488. The van der Waals surface area contributed by atoms with Gasteiger partial charge in [-0.15, -0.1) is 5.10 Å². The fourth-order valence-electron chi connectivity index (χ4n) is 3.29. The molecule has 3 rings (SSSR count). The monoisotopic (exact) mass is 348 g/mol. The fourth-order valence-corrected chi connectivity index (χ4v) is 3.29. The first-order valence-electron chi connectivity index (χ1n) is 9.17. The average Bonchev–Trinajstić information content (AvgIpc) is 3.22. The van der Waals surface area contributed by atoms with Gasteiger partial charge in [-0.25, -0.2) is 4.68 Å². The molecule has 0 aromatic carbocycles. The molecule has 2 N–H and O–H groups in total. The summed E-state index contributed by atoms with van der Waals surface area (Å²) in [5.74, 6) is 1.40. The Morgan fingerprint density at radius 2 is 2.16 bits per heavy atom. The van der Waals surface area contributed by atoms with Gasteiger partial charge >= 0.3 is 0 Å². The molecule has 25 heavy (non-hydrogen) atoms. The SMILES string of the molecule is CCCc1noc(CN[C@H]2CCCC[C@H]2n2cc(C(C)(C)O)nn2)n1. The van der Waals surface area contributed by atoms with Crippen LogP contribution in [0.15, 0.2) is 10.7 Å². The maximum absolute atomic E-state index is 10.1. The molecule has 1 fully saturated rings. The van der Waals surface area contributed by atoms with Gasteiger partial charge in [-0.3, -0.25) is 0 Å². The summed E-state index contributed by atoms with van der Waals surface area (Å²) in [4.78, 5) is 4.41. The molecule has 0 aliphatic heterocycles. The van der Waals surface area contributed by atoms with E-state index in [0.29, 0.717) is 18.1 Å². The van der Waals surface area contributed by atoms with E-state index < -0.39 is 5.60 Å². The number of hydrogen-bond donors (Lipinski definition) is 2. The normalized spacial score (nSPS) is 21.6. The van der Waals surface area contributed by atoms with E-state index in [1.807, 2.05) is 10.9 Å². The van der Waals surface area contributed by atoms with Crippen LogP contribution < -0.4 is 5.32 Å². The summed E-state index contributed by atoms with van der Waals surface area (Å²) in [5, 5.41) is 26.0. The first kappa shape index (κ1) is 18.0. The average molecular weight is 348 g/mol. The molecule has 2 aromatic heterocycles. The van der Waals surface area contributed by atoms with Crippen LogP contribution in [0.2, 0.25) is 0 Å². The van der Waals surface area contributed by atoms with Crippen molar-refractivity contribution in [2.24, 2.45) is 0 Å². The minimum Gasteiger partial charge on any atom is -0.384 e. The Balaban J connectivity index is 1.65. The van der Waals surface area contributed by atoms with Crippen LogP contribution in [0.3, 0.4) is 0 Å². The molecule has 8 nitrogen and oxygen atoms in total. The van der Waals surface area contributed by atoms with Crippen molar-refractivity contribution in [3.63, 3.8) is 0 Å². The second-order valence-corrected chi connectivity index (χ2v) is 7.34. The van der Waals surface area contributed by atoms with Gasteiger partial charge in [-0.2, -0.15) is 4.98 Å². The van der Waals surface area contributed by atoms with Crippen molar-refractivity contribution < 1.29 is 9.63 Å². The molecule has 1 aliphatic carbocycles. The van der Waals surface area contributed by atoms with E-state index in [1.54, 1.807) is 13.8 Å². The van der Waals surface area contributed by atoms with Crippen molar-refractivity contribution in [2.45, 2.75) is 83.5 Å². The van der Waals surface area contributed by atoms with E-state index in [4.69, 9.17) is 4.52 Å². The van der Waals surface area contributed by atoms with Crippen LogP contribution in [-0.2, 0) is 18.6 Å². The number of nitrogens with zero attached hydrogens (tertiary/aromatic N) is 5. The molecular weight excluding hydrogens is 320 g/mol. The molecule has 0 unspecified atom stereocenters. The van der Waals surface area contributed by atoms with E-state index in [9.17, 15) is 5.11 Å². The van der Waals surface area contributed by atoms with Crippen molar-refractivity contribution in [3.8, 4) is 0 Å². The molecule has 2 heterocycles. The molecule has 138 valence electrons. The number of nitrogens with one attached hydrogen (secondary N) is 1. The maximum atomic E-state index is 10.1. The smallest absolute Gasteiger partial charge is 0.240 e. The molecular formula is C17H28N6O2. The summed E-state index contributed by atoms with van der Waals surface area (Å²) >= 11 is 0. The lowest BCUT2D eigenvalue weighted by atomic mass is 9.90. The zero-order valence-corrected chi connectivity index (χ0v) is 15.3. The third-order valence-electron chi connectivity index (χ3n) is 4.71. The first-order chi connectivity index (χ1) is 12.0. The number of aryl methyl sites for hydroxylation is 1. The molecule has 0 amide bonds. The van der Waals surface area contributed by atoms with E-state index in [0.717, 1.165) is 31.5 Å². The van der Waals surface area contributed by atoms with Crippen LogP contribution in [0.4, 0.5) is 0 Å². The third-order valence-corrected chi connectivity index (χ3v) is 4.71. The van der Waals surface area contributed by atoms with Gasteiger partial charge in [0, 0.05) is 12.5 Å². The number of aromatic nitrogens is 5. The first-order valence-corrected chi connectivity index (χ1v) is 9.17. The van der Waals surface area contributed by atoms with E-state index in [2.05, 4.69) is 32.7 Å². The molecule has 0 spiro atoms. The Morgan fingerprint density at radius 1 is 1.36 bits per heavy atom. The zero-order valence-electron chi connectivity index (χ0n) is 15.3. The maximum Gasteiger partial charge on any atom is 0.240 e. The Hall–Kier alpha value is -1.80. The molecule has 1 aliphatic rings. The zero-order chi connectivity index (χ0) is 17.9. The van der Waals surface area contributed by atoms with Gasteiger partial charge in [0.1, 0.15) is 11.3 Å². The Morgan fingerprint density at radius 3 is 2.88 bits per heavy atom. The topological polar surface area (TPSA) is 102 Å². The molecule has 0 radical (unpaired) electrons. The predicted molar refractivity (Wildman–Crippen MR) is 91.7 cm³/mol. The van der Waals surface area contributed by atoms with Crippen LogP contribution in [0, 0.1) is 0 Å². The molecule has 1 saturated carbocycles. The van der Waals surface area contributed by atoms with Crippen molar-refractivity contribution in [1.29, 1.82) is 0 Å². The largest absolute Gasteiger partial charge is 0.384 e. The Labute approximate surface area is 148 Å². The summed E-state index contributed by atoms with van der Waals surface area (Å²) in [7, 11) is 0. The van der Waals surface area contributed by atoms with E-state index >= 15 is 0 Å². The summed E-state index contributed by atoms with van der Waals surface area (Å²) < 4.78 is 7.20. The number of aliphatic hydroxyl groups is 1. The highest BCUT2D eigenvalue weighted by Crippen LogP contribution is 2.29. The van der Waals surface area contributed by atoms with Gasteiger partial charge in [0.2, 0.25) is 5.89 Å². The van der Waals surface area contributed by atoms with Gasteiger partial charge in [0.25, 0.3) is 0 Å². The molecule has 2 atom stereocenters. The lowest BCUT2D eigenvalue weighted by Gasteiger charge is -2.31. The van der Waals surface area contributed by atoms with Crippen LogP contribution in [0.1, 0.15) is 76.3 Å². The van der Waals surface area contributed by atoms with Crippen LogP contribution in [0.25, 0.3) is 0 Å². The third kappa shape index (κ3) is 4.43. The fraction of sp³-hybridized carbons (Fsp3) is 0.765. The summed E-state index contributed by atoms with van der Waals surface area (Å²) in [6.45, 7) is 6.11. The Bertz CT molecular complexity index is 675. The second kappa shape index (κ2) is 7.61. The van der Waals surface area contributed by atoms with Crippen molar-refractivity contribution in [1.82, 2.24) is 30.5 Å². The van der Waals surface area contributed by atoms with Gasteiger partial charge < -0.3 is 14.9 Å². The molecule has 8 heteroatoms. The molecule has 0 saturated heterocycles. The van der Waals surface area contributed by atoms with Gasteiger partial charge in [0.15, 0.2) is 5.82 Å². The van der Waals surface area contributed by atoms with E-state index in [-0.39, 0.29) is 12.1 Å². The minimum absolute atomic E-state index is 0.218. The summed E-state index contributed by atoms with van der Waals surface area (Å²) in [6.07, 6.45) is 8.17. The summed E-state index contributed by atoms with van der Waals surface area (Å²) in [5.41, 5.74) is -0.382. The lowest BCUT2D eigenvalue weighted by Crippen LogP contribution is -2.39.